The number of aromatic nitrogens is 1. The number of likely N-dealkylation sites (tertiary alicyclic amines) is 1. The molecule has 1 N–H and O–H groups in total. The number of thiazole rings is 1. The molecule has 2 aromatic carbocycles. The van der Waals surface area contributed by atoms with E-state index in [-0.39, 0.29) is 4.90 Å². The lowest BCUT2D eigenvalue weighted by Gasteiger charge is -2.30. The van der Waals surface area contributed by atoms with E-state index in [9.17, 15) is 8.42 Å². The van der Waals surface area contributed by atoms with Crippen LogP contribution in [0.3, 0.4) is 0 Å². The van der Waals surface area contributed by atoms with Crippen molar-refractivity contribution in [2.75, 3.05) is 29.8 Å². The molecule has 0 radical (unpaired) electrons. The first-order chi connectivity index (χ1) is 14.8. The van der Waals surface area contributed by atoms with Crippen molar-refractivity contribution in [3.05, 3.63) is 70.7 Å². The molecule has 4 rings (SSSR count). The number of sulfonamides is 1. The van der Waals surface area contributed by atoms with Gasteiger partial charge in [0.15, 0.2) is 5.13 Å². The van der Waals surface area contributed by atoms with Gasteiger partial charge >= 0.3 is 0 Å². The Morgan fingerprint density at radius 1 is 1.26 bits per heavy atom. The molecule has 1 fully saturated rings. The predicted molar refractivity (Wildman–Crippen MR) is 128 cm³/mol. The predicted octanol–water partition coefficient (Wildman–Crippen LogP) is 4.87. The van der Waals surface area contributed by atoms with Gasteiger partial charge in [-0.1, -0.05) is 41.9 Å². The van der Waals surface area contributed by atoms with Gasteiger partial charge in [0.1, 0.15) is 0 Å². The second-order valence-corrected chi connectivity index (χ2v) is 10.7. The lowest BCUT2D eigenvalue weighted by Crippen LogP contribution is -2.35. The van der Waals surface area contributed by atoms with Gasteiger partial charge < -0.3 is 4.90 Å². The van der Waals surface area contributed by atoms with Crippen LogP contribution in [0.5, 0.6) is 0 Å². The van der Waals surface area contributed by atoms with Gasteiger partial charge in [0.05, 0.1) is 15.6 Å². The first-order valence-corrected chi connectivity index (χ1v) is 12.8. The number of anilines is 2. The summed E-state index contributed by atoms with van der Waals surface area (Å²) in [6, 6.07) is 16.0. The highest BCUT2D eigenvalue weighted by molar-refractivity contribution is 7.93. The standard InChI is InChI=1S/C22H25ClN4O2S2/c1-16(17-6-4-3-5-7-17)27-12-10-18(15-27)26(2)21-9-8-19(14-20(21)23)31(28,29)25-22-24-11-13-30-22/h3-9,11,13-14,16,18H,10,12,15H2,1-2H3,(H,24,25)/t16-,18?/m1/s1. The maximum atomic E-state index is 12.6. The Morgan fingerprint density at radius 2 is 2.03 bits per heavy atom. The zero-order valence-electron chi connectivity index (χ0n) is 17.4. The maximum absolute atomic E-state index is 12.6. The van der Waals surface area contributed by atoms with Gasteiger partial charge in [-0.2, -0.15) is 0 Å². The molecule has 1 unspecified atom stereocenters. The minimum absolute atomic E-state index is 0.121. The number of halogens is 1. The Bertz CT molecular complexity index is 1120. The summed E-state index contributed by atoms with van der Waals surface area (Å²) in [5, 5.41) is 2.46. The van der Waals surface area contributed by atoms with Crippen molar-refractivity contribution in [2.45, 2.75) is 30.3 Å². The molecule has 1 saturated heterocycles. The quantitative estimate of drug-likeness (QED) is 0.527. The largest absolute Gasteiger partial charge is 0.369 e. The van der Waals surface area contributed by atoms with E-state index in [2.05, 4.69) is 50.7 Å². The van der Waals surface area contributed by atoms with Crippen LogP contribution in [0.2, 0.25) is 5.02 Å². The second kappa shape index (κ2) is 9.16. The third-order valence-electron chi connectivity index (χ3n) is 5.84. The Morgan fingerprint density at radius 3 is 2.71 bits per heavy atom. The van der Waals surface area contributed by atoms with E-state index < -0.39 is 10.0 Å². The fraction of sp³-hybridized carbons (Fsp3) is 0.318. The minimum Gasteiger partial charge on any atom is -0.369 e. The highest BCUT2D eigenvalue weighted by Gasteiger charge is 2.30. The molecule has 1 aromatic heterocycles. The van der Waals surface area contributed by atoms with E-state index >= 15 is 0 Å². The molecular weight excluding hydrogens is 452 g/mol. The molecule has 2 atom stereocenters. The van der Waals surface area contributed by atoms with E-state index in [0.29, 0.717) is 22.2 Å². The molecule has 1 aliphatic heterocycles. The van der Waals surface area contributed by atoms with E-state index in [0.717, 1.165) is 25.2 Å². The summed E-state index contributed by atoms with van der Waals surface area (Å²) in [6.07, 6.45) is 2.58. The maximum Gasteiger partial charge on any atom is 0.263 e. The minimum atomic E-state index is -3.73. The monoisotopic (exact) mass is 476 g/mol. The van der Waals surface area contributed by atoms with Crippen molar-refractivity contribution in [3.63, 3.8) is 0 Å². The molecule has 0 bridgehead atoms. The SMILES string of the molecule is C[C@H](c1ccccc1)N1CCC(N(C)c2ccc(S(=O)(=O)Nc3nccs3)cc2Cl)C1. The average molecular weight is 477 g/mol. The first kappa shape index (κ1) is 22.1. The summed E-state index contributed by atoms with van der Waals surface area (Å²) in [5.41, 5.74) is 2.14. The van der Waals surface area contributed by atoms with Crippen LogP contribution in [0, 0.1) is 0 Å². The number of hydrogen-bond acceptors (Lipinski definition) is 6. The van der Waals surface area contributed by atoms with Crippen molar-refractivity contribution in [1.29, 1.82) is 0 Å². The molecule has 0 spiro atoms. The molecule has 0 aliphatic carbocycles. The van der Waals surface area contributed by atoms with Crippen molar-refractivity contribution < 1.29 is 8.42 Å². The first-order valence-electron chi connectivity index (χ1n) is 10.1. The summed E-state index contributed by atoms with van der Waals surface area (Å²) in [5.74, 6) is 0. The van der Waals surface area contributed by atoms with Gasteiger partial charge in [-0.25, -0.2) is 13.4 Å². The number of likely N-dealkylation sites (N-methyl/N-ethyl adjacent to an activating group) is 1. The van der Waals surface area contributed by atoms with E-state index in [1.165, 1.54) is 23.0 Å². The van der Waals surface area contributed by atoms with Crippen LogP contribution < -0.4 is 9.62 Å². The normalized spacial score (nSPS) is 18.1. The zero-order valence-corrected chi connectivity index (χ0v) is 19.8. The lowest BCUT2D eigenvalue weighted by molar-refractivity contribution is 0.259. The smallest absolute Gasteiger partial charge is 0.263 e. The number of nitrogens with one attached hydrogen (secondary N) is 1. The fourth-order valence-corrected chi connectivity index (χ4v) is 6.16. The van der Waals surface area contributed by atoms with Gasteiger partial charge in [-0.15, -0.1) is 11.3 Å². The van der Waals surface area contributed by atoms with Gasteiger partial charge in [0.25, 0.3) is 10.0 Å². The Kier molecular flexibility index (Phi) is 6.52. The topological polar surface area (TPSA) is 65.5 Å². The number of rotatable bonds is 7. The van der Waals surface area contributed by atoms with Crippen molar-refractivity contribution in [2.24, 2.45) is 0 Å². The second-order valence-electron chi connectivity index (χ2n) is 7.69. The molecule has 1 aliphatic rings. The van der Waals surface area contributed by atoms with Gasteiger partial charge in [-0.3, -0.25) is 9.62 Å². The van der Waals surface area contributed by atoms with Crippen LogP contribution in [-0.4, -0.2) is 44.5 Å². The lowest BCUT2D eigenvalue weighted by atomic mass is 10.1. The van der Waals surface area contributed by atoms with E-state index in [4.69, 9.17) is 11.6 Å². The van der Waals surface area contributed by atoms with E-state index in [1.54, 1.807) is 23.7 Å². The van der Waals surface area contributed by atoms with Crippen LogP contribution in [0.1, 0.15) is 24.9 Å². The third-order valence-corrected chi connectivity index (χ3v) is 8.29. The highest BCUT2D eigenvalue weighted by Crippen LogP contribution is 2.33. The van der Waals surface area contributed by atoms with E-state index in [1.807, 2.05) is 13.1 Å². The summed E-state index contributed by atoms with van der Waals surface area (Å²) < 4.78 is 27.7. The van der Waals surface area contributed by atoms with Crippen LogP contribution in [0.4, 0.5) is 10.8 Å². The Labute approximate surface area is 192 Å². The Hall–Kier alpha value is -2.13. The summed E-state index contributed by atoms with van der Waals surface area (Å²) in [4.78, 5) is 8.72. The summed E-state index contributed by atoms with van der Waals surface area (Å²) in [6.45, 7) is 4.17. The average Bonchev–Trinajstić information content (AvgIpc) is 3.45. The fourth-order valence-electron chi connectivity index (χ4n) is 3.96. The molecule has 3 aromatic rings. The van der Waals surface area contributed by atoms with Crippen LogP contribution in [0.25, 0.3) is 0 Å². The van der Waals surface area contributed by atoms with Gasteiger partial charge in [-0.05, 0) is 37.1 Å². The van der Waals surface area contributed by atoms with Crippen molar-refractivity contribution >= 4 is 43.8 Å². The molecule has 6 nitrogen and oxygen atoms in total. The van der Waals surface area contributed by atoms with Crippen molar-refractivity contribution in [3.8, 4) is 0 Å². The van der Waals surface area contributed by atoms with Crippen LogP contribution >= 0.6 is 22.9 Å². The molecule has 0 amide bonds. The zero-order chi connectivity index (χ0) is 22.0. The van der Waals surface area contributed by atoms with Crippen LogP contribution in [0.15, 0.2) is 65.0 Å². The van der Waals surface area contributed by atoms with Crippen molar-refractivity contribution in [1.82, 2.24) is 9.88 Å². The molecular formula is C22H25ClN4O2S2. The number of benzene rings is 2. The Balaban J connectivity index is 1.46. The molecule has 31 heavy (non-hydrogen) atoms. The molecule has 9 heteroatoms. The van der Waals surface area contributed by atoms with Gasteiger partial charge in [0.2, 0.25) is 0 Å². The highest BCUT2D eigenvalue weighted by atomic mass is 35.5. The third kappa shape index (κ3) is 4.87. The van der Waals surface area contributed by atoms with Crippen LogP contribution in [-0.2, 0) is 10.0 Å². The number of nitrogens with zero attached hydrogens (tertiary/aromatic N) is 3. The molecule has 0 saturated carbocycles. The summed E-state index contributed by atoms with van der Waals surface area (Å²) >= 11 is 7.75. The van der Waals surface area contributed by atoms with Gasteiger partial charge in [0, 0.05) is 43.8 Å². The molecule has 2 heterocycles. The molecule has 164 valence electrons. The number of hydrogen-bond donors (Lipinski definition) is 1. The summed E-state index contributed by atoms with van der Waals surface area (Å²) in [7, 11) is -1.71.